The number of carbonyl (C=O) groups is 1. The Morgan fingerprint density at radius 3 is 2.75 bits per heavy atom. The summed E-state index contributed by atoms with van der Waals surface area (Å²) in [7, 11) is 0. The number of hydrogen-bond donors (Lipinski definition) is 0. The molecule has 1 aliphatic heterocycles. The Bertz CT molecular complexity index is 702. The molecular weight excluding hydrogens is 318 g/mol. The van der Waals surface area contributed by atoms with E-state index in [0.29, 0.717) is 6.61 Å². The van der Waals surface area contributed by atoms with Crippen LogP contribution in [0.4, 0.5) is 0 Å². The number of carbonyl (C=O) groups excluding carboxylic acids is 1. The Morgan fingerprint density at radius 2 is 2.00 bits per heavy atom. The van der Waals surface area contributed by atoms with Gasteiger partial charge >= 0.3 is 0 Å². The highest BCUT2D eigenvalue weighted by atomic mass is 32.2. The second kappa shape index (κ2) is 7.86. The number of amides is 1. The van der Waals surface area contributed by atoms with Gasteiger partial charge in [-0.3, -0.25) is 4.79 Å². The minimum atomic E-state index is 0.0703. The molecule has 1 unspecified atom stereocenters. The van der Waals surface area contributed by atoms with Crippen molar-refractivity contribution in [1.82, 2.24) is 4.90 Å². The van der Waals surface area contributed by atoms with Crippen molar-refractivity contribution in [1.29, 1.82) is 0 Å². The molecule has 0 N–H and O–H groups in total. The molecule has 1 atom stereocenters. The highest BCUT2D eigenvalue weighted by Crippen LogP contribution is 2.39. The minimum Gasteiger partial charge on any atom is -0.367 e. The van der Waals surface area contributed by atoms with E-state index in [1.165, 1.54) is 16.7 Å². The Morgan fingerprint density at radius 1 is 1.21 bits per heavy atom. The third-order valence-corrected chi connectivity index (χ3v) is 5.48. The van der Waals surface area contributed by atoms with Crippen molar-refractivity contribution in [2.75, 3.05) is 18.9 Å². The zero-order valence-electron chi connectivity index (χ0n) is 14.2. The van der Waals surface area contributed by atoms with Crippen LogP contribution in [-0.2, 0) is 16.1 Å². The van der Waals surface area contributed by atoms with Gasteiger partial charge in [-0.15, -0.1) is 11.8 Å². The molecule has 1 heterocycles. The number of rotatable bonds is 5. The Hall–Kier alpha value is -1.78. The lowest BCUT2D eigenvalue weighted by atomic mass is 10.1. The molecule has 0 spiro atoms. The molecule has 0 radical (unpaired) electrons. The molecule has 1 aliphatic rings. The quantitative estimate of drug-likeness (QED) is 0.820. The lowest BCUT2D eigenvalue weighted by Crippen LogP contribution is -2.33. The van der Waals surface area contributed by atoms with E-state index in [-0.39, 0.29) is 17.9 Å². The maximum atomic E-state index is 12.6. The van der Waals surface area contributed by atoms with Gasteiger partial charge in [0.15, 0.2) is 0 Å². The van der Waals surface area contributed by atoms with Gasteiger partial charge in [-0.1, -0.05) is 54.1 Å². The van der Waals surface area contributed by atoms with Crippen molar-refractivity contribution in [3.05, 3.63) is 70.8 Å². The molecule has 2 aromatic rings. The maximum absolute atomic E-state index is 12.6. The molecule has 0 saturated carbocycles. The predicted octanol–water partition coefficient (Wildman–Crippen LogP) is 4.09. The summed E-state index contributed by atoms with van der Waals surface area (Å²) < 4.78 is 5.63. The summed E-state index contributed by atoms with van der Waals surface area (Å²) >= 11 is 1.83. The van der Waals surface area contributed by atoms with Crippen LogP contribution in [0.2, 0.25) is 0 Å². The normalized spacial score (nSPS) is 17.2. The van der Waals surface area contributed by atoms with E-state index in [1.807, 2.05) is 47.0 Å². The van der Waals surface area contributed by atoms with Crippen LogP contribution in [0.25, 0.3) is 0 Å². The summed E-state index contributed by atoms with van der Waals surface area (Å²) in [5.74, 6) is 1.04. The van der Waals surface area contributed by atoms with Gasteiger partial charge in [0, 0.05) is 12.3 Å². The fourth-order valence-corrected chi connectivity index (χ4v) is 4.37. The molecule has 2 aromatic carbocycles. The number of hydrogen-bond acceptors (Lipinski definition) is 3. The highest BCUT2D eigenvalue weighted by Gasteiger charge is 2.31. The average Bonchev–Trinajstić information content (AvgIpc) is 3.05. The SMILES string of the molecule is Cc1ccc(C2SCCN2C(=O)COCc2ccccc2)c(C)c1. The highest BCUT2D eigenvalue weighted by molar-refractivity contribution is 7.99. The van der Waals surface area contributed by atoms with E-state index in [9.17, 15) is 4.79 Å². The van der Waals surface area contributed by atoms with Crippen molar-refractivity contribution in [2.45, 2.75) is 25.8 Å². The van der Waals surface area contributed by atoms with Crippen molar-refractivity contribution in [2.24, 2.45) is 0 Å². The summed E-state index contributed by atoms with van der Waals surface area (Å²) in [6.45, 7) is 5.61. The third kappa shape index (κ3) is 4.00. The maximum Gasteiger partial charge on any atom is 0.249 e. The number of benzene rings is 2. The van der Waals surface area contributed by atoms with E-state index in [0.717, 1.165) is 17.9 Å². The van der Waals surface area contributed by atoms with Crippen LogP contribution in [0, 0.1) is 13.8 Å². The van der Waals surface area contributed by atoms with Crippen molar-refractivity contribution >= 4 is 17.7 Å². The van der Waals surface area contributed by atoms with Crippen LogP contribution in [0.3, 0.4) is 0 Å². The molecule has 0 aromatic heterocycles. The van der Waals surface area contributed by atoms with Crippen LogP contribution in [0.15, 0.2) is 48.5 Å². The van der Waals surface area contributed by atoms with E-state index in [4.69, 9.17) is 4.74 Å². The monoisotopic (exact) mass is 341 g/mol. The van der Waals surface area contributed by atoms with Crippen LogP contribution in [0.5, 0.6) is 0 Å². The van der Waals surface area contributed by atoms with Crippen LogP contribution < -0.4 is 0 Å². The predicted molar refractivity (Wildman–Crippen MR) is 98.9 cm³/mol. The summed E-state index contributed by atoms with van der Waals surface area (Å²) in [6, 6.07) is 16.4. The molecule has 3 rings (SSSR count). The fourth-order valence-electron chi connectivity index (χ4n) is 3.00. The standard InChI is InChI=1S/C20H23NO2S/c1-15-8-9-18(16(2)12-15)20-21(10-11-24-20)19(22)14-23-13-17-6-4-3-5-7-17/h3-9,12,20H,10-11,13-14H2,1-2H3. The second-order valence-corrected chi connectivity index (χ2v) is 7.34. The second-order valence-electron chi connectivity index (χ2n) is 6.15. The fraction of sp³-hybridized carbons (Fsp3) is 0.350. The van der Waals surface area contributed by atoms with Gasteiger partial charge in [-0.25, -0.2) is 0 Å². The summed E-state index contributed by atoms with van der Waals surface area (Å²) in [6.07, 6.45) is 0. The van der Waals surface area contributed by atoms with Gasteiger partial charge < -0.3 is 9.64 Å². The van der Waals surface area contributed by atoms with Gasteiger partial charge in [0.2, 0.25) is 5.91 Å². The van der Waals surface area contributed by atoms with E-state index < -0.39 is 0 Å². The van der Waals surface area contributed by atoms with E-state index >= 15 is 0 Å². The first-order chi connectivity index (χ1) is 11.6. The molecule has 1 fully saturated rings. The lowest BCUT2D eigenvalue weighted by Gasteiger charge is -2.25. The van der Waals surface area contributed by atoms with Crippen LogP contribution in [0.1, 0.15) is 27.6 Å². The average molecular weight is 341 g/mol. The molecule has 4 heteroatoms. The van der Waals surface area contributed by atoms with E-state index in [2.05, 4.69) is 32.0 Å². The largest absolute Gasteiger partial charge is 0.367 e. The van der Waals surface area contributed by atoms with Gasteiger partial charge in [0.1, 0.15) is 12.0 Å². The summed E-state index contributed by atoms with van der Waals surface area (Å²) in [5.41, 5.74) is 4.83. The Kier molecular flexibility index (Phi) is 5.59. The van der Waals surface area contributed by atoms with Gasteiger partial charge in [0.05, 0.1) is 6.61 Å². The van der Waals surface area contributed by atoms with Crippen LogP contribution >= 0.6 is 11.8 Å². The number of ether oxygens (including phenoxy) is 1. The zero-order valence-corrected chi connectivity index (χ0v) is 15.0. The number of nitrogens with zero attached hydrogens (tertiary/aromatic N) is 1. The molecule has 0 bridgehead atoms. The Balaban J connectivity index is 1.61. The Labute approximate surface area is 148 Å². The molecular formula is C20H23NO2S. The molecule has 126 valence electrons. The first-order valence-corrected chi connectivity index (χ1v) is 9.30. The third-order valence-electron chi connectivity index (χ3n) is 4.24. The summed E-state index contributed by atoms with van der Waals surface area (Å²) in [5, 5.41) is 0.110. The minimum absolute atomic E-state index is 0.0703. The first-order valence-electron chi connectivity index (χ1n) is 8.25. The smallest absolute Gasteiger partial charge is 0.249 e. The topological polar surface area (TPSA) is 29.5 Å². The molecule has 24 heavy (non-hydrogen) atoms. The molecule has 1 saturated heterocycles. The van der Waals surface area contributed by atoms with E-state index in [1.54, 1.807) is 0 Å². The lowest BCUT2D eigenvalue weighted by molar-refractivity contribution is -0.136. The number of aryl methyl sites for hydroxylation is 2. The molecule has 3 nitrogen and oxygen atoms in total. The van der Waals surface area contributed by atoms with Crippen molar-refractivity contribution < 1.29 is 9.53 Å². The van der Waals surface area contributed by atoms with Gasteiger partial charge in [-0.05, 0) is 30.5 Å². The van der Waals surface area contributed by atoms with Gasteiger partial charge in [-0.2, -0.15) is 0 Å². The first kappa shape index (κ1) is 17.1. The molecule has 0 aliphatic carbocycles. The zero-order chi connectivity index (χ0) is 16.9. The summed E-state index contributed by atoms with van der Waals surface area (Å²) in [4.78, 5) is 14.5. The molecule has 1 amide bonds. The van der Waals surface area contributed by atoms with Crippen molar-refractivity contribution in [3.63, 3.8) is 0 Å². The van der Waals surface area contributed by atoms with Gasteiger partial charge in [0.25, 0.3) is 0 Å². The van der Waals surface area contributed by atoms with Crippen LogP contribution in [-0.4, -0.2) is 29.7 Å². The number of thioether (sulfide) groups is 1. The van der Waals surface area contributed by atoms with Crippen molar-refractivity contribution in [3.8, 4) is 0 Å².